The highest BCUT2D eigenvalue weighted by Crippen LogP contribution is 2.29. The normalized spacial score (nSPS) is 11.4. The van der Waals surface area contributed by atoms with Crippen molar-refractivity contribution in [1.29, 1.82) is 0 Å². The number of aliphatic hydroxyl groups excluding tert-OH is 1. The van der Waals surface area contributed by atoms with E-state index in [0.717, 1.165) is 28.0 Å². The van der Waals surface area contributed by atoms with Crippen LogP contribution in [0, 0.1) is 0 Å². The van der Waals surface area contributed by atoms with Crippen molar-refractivity contribution in [3.63, 3.8) is 0 Å². The fraction of sp³-hybridized carbons (Fsp3) is 0.320. The van der Waals surface area contributed by atoms with Crippen LogP contribution in [0.1, 0.15) is 31.4 Å². The summed E-state index contributed by atoms with van der Waals surface area (Å²) in [4.78, 5) is 11.1. The molecule has 1 amide bonds. The largest absolute Gasteiger partial charge is 0.494 e. The molecule has 31 heavy (non-hydrogen) atoms. The van der Waals surface area contributed by atoms with Crippen LogP contribution in [-0.2, 0) is 4.79 Å². The van der Waals surface area contributed by atoms with Gasteiger partial charge >= 0.3 is 0 Å². The molecule has 0 bridgehead atoms. The van der Waals surface area contributed by atoms with Crippen molar-refractivity contribution in [1.82, 2.24) is 5.32 Å². The second-order valence-electron chi connectivity index (χ2n) is 7.24. The van der Waals surface area contributed by atoms with Gasteiger partial charge in [-0.1, -0.05) is 36.4 Å². The molecule has 1 unspecified atom stereocenters. The van der Waals surface area contributed by atoms with Crippen molar-refractivity contribution in [2.75, 3.05) is 26.4 Å². The number of hydrogen-bond donors (Lipinski definition) is 2. The number of benzene rings is 2. The van der Waals surface area contributed by atoms with Gasteiger partial charge in [-0.05, 0) is 67.3 Å². The minimum absolute atomic E-state index is 0.0760. The maximum absolute atomic E-state index is 12.3. The quantitative estimate of drug-likeness (QED) is 0.391. The Labute approximate surface area is 183 Å². The molecule has 0 fully saturated rings. The Kier molecular flexibility index (Phi) is 9.78. The van der Waals surface area contributed by atoms with E-state index >= 15 is 0 Å². The molecule has 0 aliphatic heterocycles. The Morgan fingerprint density at radius 2 is 1.61 bits per heavy atom. The van der Waals surface area contributed by atoms with Crippen LogP contribution in [-0.4, -0.2) is 43.6 Å². The summed E-state index contributed by atoms with van der Waals surface area (Å²) in [6.45, 7) is 7.66. The second-order valence-corrected chi connectivity index (χ2v) is 7.24. The van der Waals surface area contributed by atoms with Crippen LogP contribution in [0.25, 0.3) is 5.57 Å². The Morgan fingerprint density at radius 1 is 1.06 bits per heavy atom. The zero-order chi connectivity index (χ0) is 22.6. The van der Waals surface area contributed by atoms with Gasteiger partial charge in [0, 0.05) is 6.54 Å². The van der Waals surface area contributed by atoms with E-state index in [1.54, 1.807) is 0 Å². The van der Waals surface area contributed by atoms with E-state index in [0.29, 0.717) is 25.3 Å². The molecular weight excluding hydrogens is 397 g/mol. The maximum atomic E-state index is 12.3. The first-order chi connectivity index (χ1) is 14.9. The highest BCUT2D eigenvalue weighted by molar-refractivity contribution is 5.86. The molecule has 0 aliphatic carbocycles. The average molecular weight is 428 g/mol. The summed E-state index contributed by atoms with van der Waals surface area (Å²) in [5.74, 6) is 1.16. The molecule has 0 radical (unpaired) electrons. The molecule has 6 heteroatoms. The van der Waals surface area contributed by atoms with Gasteiger partial charge in [0.25, 0.3) is 0 Å². The lowest BCUT2D eigenvalue weighted by Gasteiger charge is -2.14. The Balaban J connectivity index is 1.98. The predicted molar refractivity (Wildman–Crippen MR) is 121 cm³/mol. The third-order valence-electron chi connectivity index (χ3n) is 4.48. The van der Waals surface area contributed by atoms with Crippen molar-refractivity contribution in [2.24, 2.45) is 0 Å². The van der Waals surface area contributed by atoms with Crippen LogP contribution in [0.3, 0.4) is 0 Å². The van der Waals surface area contributed by atoms with Crippen LogP contribution in [0.4, 0.5) is 4.39 Å². The number of aliphatic hydroxyl groups is 1. The monoisotopic (exact) mass is 427 g/mol. The fourth-order valence-electron chi connectivity index (χ4n) is 2.96. The van der Waals surface area contributed by atoms with Crippen molar-refractivity contribution in [2.45, 2.75) is 26.4 Å². The van der Waals surface area contributed by atoms with Gasteiger partial charge in [-0.15, -0.1) is 0 Å². The first-order valence-corrected chi connectivity index (χ1v) is 10.2. The summed E-state index contributed by atoms with van der Waals surface area (Å²) in [5, 5.41) is 12.0. The average Bonchev–Trinajstić information content (AvgIpc) is 2.78. The van der Waals surface area contributed by atoms with Crippen LogP contribution in [0.2, 0.25) is 0 Å². The van der Waals surface area contributed by atoms with Gasteiger partial charge in [-0.2, -0.15) is 0 Å². The minimum atomic E-state index is -1.11. The number of amides is 1. The lowest BCUT2D eigenvalue weighted by Crippen LogP contribution is -2.23. The number of alkyl halides is 1. The predicted octanol–water partition coefficient (Wildman–Crippen LogP) is 4.31. The number of carbonyl (C=O) groups is 1. The molecule has 1 atom stereocenters. The summed E-state index contributed by atoms with van der Waals surface area (Å²) in [6, 6.07) is 15.4. The number of nitrogens with one attached hydrogen (secondary N) is 1. The zero-order valence-electron chi connectivity index (χ0n) is 18.1. The van der Waals surface area contributed by atoms with E-state index < -0.39 is 12.8 Å². The van der Waals surface area contributed by atoms with Crippen molar-refractivity contribution in [3.05, 3.63) is 77.9 Å². The van der Waals surface area contributed by atoms with Gasteiger partial charge in [-0.3, -0.25) is 4.79 Å². The number of allylic oxidation sites excluding steroid dienone is 1. The zero-order valence-corrected chi connectivity index (χ0v) is 18.1. The van der Waals surface area contributed by atoms with Gasteiger partial charge in [0.05, 0.1) is 6.61 Å². The van der Waals surface area contributed by atoms with Gasteiger partial charge in [0.2, 0.25) is 5.91 Å². The smallest absolute Gasteiger partial charge is 0.243 e. The first kappa shape index (κ1) is 24.2. The highest BCUT2D eigenvalue weighted by Gasteiger charge is 2.09. The maximum Gasteiger partial charge on any atom is 0.243 e. The molecule has 2 rings (SSSR count). The molecule has 2 aromatic carbocycles. The molecule has 0 saturated heterocycles. The highest BCUT2D eigenvalue weighted by atomic mass is 19.1. The lowest BCUT2D eigenvalue weighted by atomic mass is 9.94. The molecule has 2 N–H and O–H groups in total. The van der Waals surface area contributed by atoms with Crippen LogP contribution in [0.5, 0.6) is 11.5 Å². The molecule has 0 heterocycles. The summed E-state index contributed by atoms with van der Waals surface area (Å²) in [6.07, 6.45) is 0.842. The van der Waals surface area contributed by atoms with E-state index in [9.17, 15) is 14.3 Å². The fourth-order valence-corrected chi connectivity index (χ4v) is 2.96. The summed E-state index contributed by atoms with van der Waals surface area (Å²) in [5.41, 5.74) is 4.36. The third kappa shape index (κ3) is 7.90. The van der Waals surface area contributed by atoms with Gasteiger partial charge in [0.1, 0.15) is 30.9 Å². The lowest BCUT2D eigenvalue weighted by molar-refractivity contribution is -0.116. The summed E-state index contributed by atoms with van der Waals surface area (Å²) < 4.78 is 23.5. The minimum Gasteiger partial charge on any atom is -0.494 e. The van der Waals surface area contributed by atoms with E-state index in [-0.39, 0.29) is 12.5 Å². The summed E-state index contributed by atoms with van der Waals surface area (Å²) >= 11 is 0. The Bertz CT molecular complexity index is 871. The molecule has 0 aromatic heterocycles. The molecule has 0 spiro atoms. The number of carbonyl (C=O) groups excluding carboxylic acids is 1. The number of ether oxygens (including phenoxy) is 2. The van der Waals surface area contributed by atoms with Gasteiger partial charge in [0.15, 0.2) is 0 Å². The van der Waals surface area contributed by atoms with Gasteiger partial charge < -0.3 is 19.9 Å². The number of halogens is 1. The Hall–Kier alpha value is -3.12. The number of hydrogen-bond acceptors (Lipinski definition) is 4. The molecule has 2 aromatic rings. The molecular formula is C25H30FNO4. The Morgan fingerprint density at radius 3 is 2.10 bits per heavy atom. The molecule has 166 valence electrons. The first-order valence-electron chi connectivity index (χ1n) is 10.2. The van der Waals surface area contributed by atoms with Crippen molar-refractivity contribution >= 4 is 11.5 Å². The van der Waals surface area contributed by atoms with Crippen LogP contribution < -0.4 is 14.8 Å². The number of rotatable bonds is 12. The second kappa shape index (κ2) is 12.5. The van der Waals surface area contributed by atoms with E-state index in [4.69, 9.17) is 9.47 Å². The van der Waals surface area contributed by atoms with Crippen LogP contribution in [0.15, 0.2) is 66.8 Å². The van der Waals surface area contributed by atoms with E-state index in [2.05, 4.69) is 25.7 Å². The summed E-state index contributed by atoms with van der Waals surface area (Å²) in [7, 11) is 0. The van der Waals surface area contributed by atoms with Crippen molar-refractivity contribution in [3.8, 4) is 11.5 Å². The standard InChI is InChI=1S/C25H30FNO4/c1-4-24(29)27-14-5-15-30-22-10-6-19(7-11-22)25(18(2)3)20-8-12-23(13-9-20)31-17-21(28)16-26/h4,6-13,21,28H,1,5,14-17H2,2-3H3,(H,27,29). The van der Waals surface area contributed by atoms with Crippen molar-refractivity contribution < 1.29 is 23.8 Å². The van der Waals surface area contributed by atoms with E-state index in [1.807, 2.05) is 48.5 Å². The topological polar surface area (TPSA) is 67.8 Å². The third-order valence-corrected chi connectivity index (χ3v) is 4.48. The molecule has 0 saturated carbocycles. The van der Waals surface area contributed by atoms with Gasteiger partial charge in [-0.25, -0.2) is 4.39 Å². The van der Waals surface area contributed by atoms with Crippen LogP contribution >= 0.6 is 0 Å². The molecule has 0 aliphatic rings. The molecule has 5 nitrogen and oxygen atoms in total. The SMILES string of the molecule is C=CC(=O)NCCCOc1ccc(C(=C(C)C)c2ccc(OCC(O)CF)cc2)cc1. The van der Waals surface area contributed by atoms with E-state index in [1.165, 1.54) is 6.08 Å².